The van der Waals surface area contributed by atoms with Crippen LogP contribution in [0.2, 0.25) is 0 Å². The van der Waals surface area contributed by atoms with E-state index < -0.39 is 0 Å². The first-order valence-electron chi connectivity index (χ1n) is 4.90. The van der Waals surface area contributed by atoms with Crippen molar-refractivity contribution in [1.29, 1.82) is 0 Å². The van der Waals surface area contributed by atoms with Crippen molar-refractivity contribution in [2.24, 2.45) is 0 Å². The molecule has 0 aliphatic heterocycles. The van der Waals surface area contributed by atoms with Crippen LogP contribution in [0.25, 0.3) is 0 Å². The Kier molecular flexibility index (Phi) is 5.64. The largest absolute Gasteiger partial charge is 0.381 e. The minimum Gasteiger partial charge on any atom is -0.381 e. The maximum absolute atomic E-state index is 5.45. The van der Waals surface area contributed by atoms with Gasteiger partial charge in [0, 0.05) is 15.5 Å². The molecule has 1 aromatic rings. The molecule has 0 fully saturated rings. The quantitative estimate of drug-likeness (QED) is 0.819. The molecule has 0 heterocycles. The number of ether oxygens (including phenoxy) is 1. The zero-order valence-electron chi connectivity index (χ0n) is 8.89. The SMILES string of the molecule is CC(C)OCCNc1c(Br)cccc1Br. The van der Waals surface area contributed by atoms with Gasteiger partial charge in [-0.05, 0) is 57.8 Å². The second-order valence-electron chi connectivity index (χ2n) is 3.44. The fourth-order valence-corrected chi connectivity index (χ4v) is 2.42. The Morgan fingerprint density at radius 2 is 1.87 bits per heavy atom. The van der Waals surface area contributed by atoms with Crippen LogP contribution in [-0.2, 0) is 4.74 Å². The van der Waals surface area contributed by atoms with E-state index in [0.29, 0.717) is 6.61 Å². The molecular formula is C11H15Br2NO. The molecule has 4 heteroatoms. The second-order valence-corrected chi connectivity index (χ2v) is 5.15. The standard InChI is InChI=1S/C11H15Br2NO/c1-8(2)15-7-6-14-11-9(12)4-3-5-10(11)13/h3-5,8,14H,6-7H2,1-2H3. The summed E-state index contributed by atoms with van der Waals surface area (Å²) in [5.74, 6) is 0. The summed E-state index contributed by atoms with van der Waals surface area (Å²) in [5.41, 5.74) is 1.07. The molecule has 0 saturated heterocycles. The van der Waals surface area contributed by atoms with E-state index in [1.165, 1.54) is 0 Å². The zero-order valence-corrected chi connectivity index (χ0v) is 12.1. The highest BCUT2D eigenvalue weighted by Crippen LogP contribution is 2.30. The predicted molar refractivity (Wildman–Crippen MR) is 71.4 cm³/mol. The Labute approximate surface area is 108 Å². The second kappa shape index (κ2) is 6.51. The fourth-order valence-electron chi connectivity index (χ4n) is 1.14. The van der Waals surface area contributed by atoms with Gasteiger partial charge in [0.2, 0.25) is 0 Å². The maximum atomic E-state index is 5.45. The van der Waals surface area contributed by atoms with Crippen molar-refractivity contribution >= 4 is 37.5 Å². The van der Waals surface area contributed by atoms with Crippen molar-refractivity contribution in [1.82, 2.24) is 0 Å². The first-order chi connectivity index (χ1) is 7.11. The van der Waals surface area contributed by atoms with Gasteiger partial charge in [-0.25, -0.2) is 0 Å². The van der Waals surface area contributed by atoms with E-state index in [4.69, 9.17) is 4.74 Å². The lowest BCUT2D eigenvalue weighted by Crippen LogP contribution is -2.13. The summed E-state index contributed by atoms with van der Waals surface area (Å²) < 4.78 is 7.56. The first-order valence-corrected chi connectivity index (χ1v) is 6.49. The van der Waals surface area contributed by atoms with Crippen LogP contribution in [0.15, 0.2) is 27.1 Å². The van der Waals surface area contributed by atoms with Crippen molar-refractivity contribution in [3.05, 3.63) is 27.1 Å². The summed E-state index contributed by atoms with van der Waals surface area (Å²) in [6, 6.07) is 6.01. The topological polar surface area (TPSA) is 21.3 Å². The molecule has 0 aliphatic carbocycles. The van der Waals surface area contributed by atoms with Crippen LogP contribution >= 0.6 is 31.9 Å². The summed E-state index contributed by atoms with van der Waals surface area (Å²) in [6.45, 7) is 5.59. The molecule has 1 N–H and O–H groups in total. The summed E-state index contributed by atoms with van der Waals surface area (Å²) >= 11 is 6.99. The van der Waals surface area contributed by atoms with Gasteiger partial charge in [0.05, 0.1) is 18.4 Å². The van der Waals surface area contributed by atoms with E-state index in [2.05, 4.69) is 37.2 Å². The molecule has 0 spiro atoms. The molecule has 1 aromatic carbocycles. The van der Waals surface area contributed by atoms with Gasteiger partial charge in [0.15, 0.2) is 0 Å². The van der Waals surface area contributed by atoms with Crippen LogP contribution in [0, 0.1) is 0 Å². The lowest BCUT2D eigenvalue weighted by atomic mass is 10.3. The molecule has 0 aromatic heterocycles. The monoisotopic (exact) mass is 335 g/mol. The number of para-hydroxylation sites is 1. The number of benzene rings is 1. The number of hydrogen-bond donors (Lipinski definition) is 1. The van der Waals surface area contributed by atoms with Crippen LogP contribution in [0.4, 0.5) is 5.69 Å². The Bertz CT molecular complexity index is 295. The Morgan fingerprint density at radius 1 is 1.27 bits per heavy atom. The molecule has 2 nitrogen and oxygen atoms in total. The predicted octanol–water partition coefficient (Wildman–Crippen LogP) is 4.05. The zero-order chi connectivity index (χ0) is 11.3. The Morgan fingerprint density at radius 3 is 2.40 bits per heavy atom. The Balaban J connectivity index is 2.43. The normalized spacial score (nSPS) is 10.7. The van der Waals surface area contributed by atoms with Crippen molar-refractivity contribution in [2.45, 2.75) is 20.0 Å². The van der Waals surface area contributed by atoms with Crippen molar-refractivity contribution < 1.29 is 4.74 Å². The third kappa shape index (κ3) is 4.53. The van der Waals surface area contributed by atoms with Crippen LogP contribution in [0.3, 0.4) is 0 Å². The summed E-state index contributed by atoms with van der Waals surface area (Å²) in [4.78, 5) is 0. The minimum atomic E-state index is 0.287. The van der Waals surface area contributed by atoms with Gasteiger partial charge in [-0.2, -0.15) is 0 Å². The molecule has 0 amide bonds. The lowest BCUT2D eigenvalue weighted by Gasteiger charge is -2.12. The van der Waals surface area contributed by atoms with E-state index in [-0.39, 0.29) is 6.10 Å². The maximum Gasteiger partial charge on any atom is 0.0642 e. The average Bonchev–Trinajstić information content (AvgIpc) is 2.15. The average molecular weight is 337 g/mol. The number of rotatable bonds is 5. The molecule has 84 valence electrons. The third-order valence-corrected chi connectivity index (χ3v) is 3.14. The van der Waals surface area contributed by atoms with Crippen molar-refractivity contribution in [3.63, 3.8) is 0 Å². The minimum absolute atomic E-state index is 0.287. The third-order valence-electron chi connectivity index (χ3n) is 1.82. The highest BCUT2D eigenvalue weighted by molar-refractivity contribution is 9.11. The summed E-state index contributed by atoms with van der Waals surface area (Å²) in [6.07, 6.45) is 0.287. The van der Waals surface area contributed by atoms with Gasteiger partial charge in [-0.1, -0.05) is 6.07 Å². The molecule has 0 radical (unpaired) electrons. The molecule has 0 saturated carbocycles. The number of halogens is 2. The van der Waals surface area contributed by atoms with Crippen LogP contribution in [0.5, 0.6) is 0 Å². The van der Waals surface area contributed by atoms with Crippen molar-refractivity contribution in [3.8, 4) is 0 Å². The van der Waals surface area contributed by atoms with Gasteiger partial charge < -0.3 is 10.1 Å². The molecule has 15 heavy (non-hydrogen) atoms. The highest BCUT2D eigenvalue weighted by atomic mass is 79.9. The van der Waals surface area contributed by atoms with Gasteiger partial charge in [0.25, 0.3) is 0 Å². The van der Waals surface area contributed by atoms with Gasteiger partial charge in [0.1, 0.15) is 0 Å². The van der Waals surface area contributed by atoms with E-state index in [9.17, 15) is 0 Å². The molecular weight excluding hydrogens is 322 g/mol. The van der Waals surface area contributed by atoms with Gasteiger partial charge in [-0.15, -0.1) is 0 Å². The smallest absolute Gasteiger partial charge is 0.0642 e. The van der Waals surface area contributed by atoms with Gasteiger partial charge >= 0.3 is 0 Å². The Hall–Kier alpha value is -0.0600. The van der Waals surface area contributed by atoms with Crippen molar-refractivity contribution in [2.75, 3.05) is 18.5 Å². The summed E-state index contributed by atoms with van der Waals surface area (Å²) in [7, 11) is 0. The summed E-state index contributed by atoms with van der Waals surface area (Å²) in [5, 5.41) is 3.32. The number of hydrogen-bond acceptors (Lipinski definition) is 2. The van der Waals surface area contributed by atoms with E-state index >= 15 is 0 Å². The molecule has 0 unspecified atom stereocenters. The molecule has 0 atom stereocenters. The van der Waals surface area contributed by atoms with E-state index in [1.54, 1.807) is 0 Å². The fraction of sp³-hybridized carbons (Fsp3) is 0.455. The first kappa shape index (κ1) is 13.0. The molecule has 0 aliphatic rings. The number of anilines is 1. The highest BCUT2D eigenvalue weighted by Gasteiger charge is 2.03. The van der Waals surface area contributed by atoms with E-state index in [1.807, 2.05) is 32.0 Å². The van der Waals surface area contributed by atoms with E-state index in [0.717, 1.165) is 21.2 Å². The van der Waals surface area contributed by atoms with Gasteiger partial charge in [-0.3, -0.25) is 0 Å². The van der Waals surface area contributed by atoms with Crippen LogP contribution in [-0.4, -0.2) is 19.3 Å². The van der Waals surface area contributed by atoms with Crippen LogP contribution < -0.4 is 5.32 Å². The molecule has 0 bridgehead atoms. The van der Waals surface area contributed by atoms with Crippen LogP contribution in [0.1, 0.15) is 13.8 Å². The molecule has 1 rings (SSSR count). The lowest BCUT2D eigenvalue weighted by molar-refractivity contribution is 0.0870. The number of nitrogens with one attached hydrogen (secondary N) is 1.